The minimum atomic E-state index is -0.315. The van der Waals surface area contributed by atoms with E-state index >= 15 is 0 Å². The summed E-state index contributed by atoms with van der Waals surface area (Å²) in [5, 5.41) is 7.12. The summed E-state index contributed by atoms with van der Waals surface area (Å²) in [5.41, 5.74) is 0.689. The van der Waals surface area contributed by atoms with Crippen molar-refractivity contribution in [3.05, 3.63) is 48.2 Å². The molecule has 6 nitrogen and oxygen atoms in total. The van der Waals surface area contributed by atoms with Crippen LogP contribution >= 0.6 is 0 Å². The molecule has 0 saturated carbocycles. The molecule has 7 heteroatoms. The molecule has 0 aliphatic rings. The van der Waals surface area contributed by atoms with E-state index in [2.05, 4.69) is 39.3 Å². The molecule has 0 aliphatic carbocycles. The molecule has 2 N–H and O–H groups in total. The maximum atomic E-state index is 13.7. The summed E-state index contributed by atoms with van der Waals surface area (Å²) in [7, 11) is 0. The molecule has 0 unspecified atom stereocenters. The average Bonchev–Trinajstić information content (AvgIpc) is 3.17. The van der Waals surface area contributed by atoms with E-state index in [1.165, 1.54) is 12.1 Å². The number of hydrogen-bond donors (Lipinski definition) is 2. The van der Waals surface area contributed by atoms with Crippen molar-refractivity contribution >= 4 is 22.7 Å². The van der Waals surface area contributed by atoms with Crippen molar-refractivity contribution in [2.24, 2.45) is 0 Å². The summed E-state index contributed by atoms with van der Waals surface area (Å²) >= 11 is 0. The van der Waals surface area contributed by atoms with Crippen LogP contribution in [0.15, 0.2) is 41.0 Å². The normalized spacial score (nSPS) is 11.2. The lowest BCUT2D eigenvalue weighted by Gasteiger charge is -2.18. The van der Waals surface area contributed by atoms with Crippen molar-refractivity contribution in [3.8, 4) is 0 Å². The van der Waals surface area contributed by atoms with E-state index in [1.807, 2.05) is 12.1 Å². The largest absolute Gasteiger partial charge is 0.467 e. The molecule has 3 rings (SSSR count). The van der Waals surface area contributed by atoms with Crippen LogP contribution in [-0.4, -0.2) is 41.0 Å². The first kappa shape index (κ1) is 18.1. The Hall–Kier alpha value is -2.67. The third-order valence-corrected chi connectivity index (χ3v) is 4.27. The maximum Gasteiger partial charge on any atom is 0.225 e. The molecule has 2 heterocycles. The number of aromatic nitrogens is 2. The number of rotatable bonds is 9. The van der Waals surface area contributed by atoms with Crippen LogP contribution < -0.4 is 10.6 Å². The Bertz CT molecular complexity index is 833. The summed E-state index contributed by atoms with van der Waals surface area (Å²) < 4.78 is 19.0. The molecular weight excluding hydrogens is 333 g/mol. The van der Waals surface area contributed by atoms with Crippen LogP contribution in [0, 0.1) is 5.82 Å². The van der Waals surface area contributed by atoms with Crippen molar-refractivity contribution in [2.75, 3.05) is 36.8 Å². The first-order valence-corrected chi connectivity index (χ1v) is 8.89. The van der Waals surface area contributed by atoms with Gasteiger partial charge in [-0.05, 0) is 43.4 Å². The topological polar surface area (TPSA) is 66.2 Å². The highest BCUT2D eigenvalue weighted by Gasteiger charge is 2.10. The van der Waals surface area contributed by atoms with E-state index in [9.17, 15) is 4.39 Å². The van der Waals surface area contributed by atoms with Crippen LogP contribution in [0.5, 0.6) is 0 Å². The van der Waals surface area contributed by atoms with Crippen molar-refractivity contribution in [3.63, 3.8) is 0 Å². The second-order valence-electron chi connectivity index (χ2n) is 5.94. The van der Waals surface area contributed by atoms with Gasteiger partial charge in [0.2, 0.25) is 5.95 Å². The average molecular weight is 357 g/mol. The number of furan rings is 1. The van der Waals surface area contributed by atoms with Gasteiger partial charge in [-0.1, -0.05) is 13.8 Å². The van der Waals surface area contributed by atoms with Gasteiger partial charge in [0.05, 0.1) is 18.3 Å². The Morgan fingerprint density at radius 2 is 1.96 bits per heavy atom. The number of nitrogens with one attached hydrogen (secondary N) is 2. The Balaban J connectivity index is 1.79. The van der Waals surface area contributed by atoms with Crippen molar-refractivity contribution < 1.29 is 8.81 Å². The molecular formula is C19H24FN5O. The second kappa shape index (κ2) is 8.62. The lowest BCUT2D eigenvalue weighted by molar-refractivity contribution is 0.316. The van der Waals surface area contributed by atoms with Gasteiger partial charge in [-0.3, -0.25) is 0 Å². The predicted octanol–water partition coefficient (Wildman–Crippen LogP) is 3.73. The van der Waals surface area contributed by atoms with E-state index < -0.39 is 0 Å². The van der Waals surface area contributed by atoms with Gasteiger partial charge < -0.3 is 20.0 Å². The fourth-order valence-electron chi connectivity index (χ4n) is 2.76. The summed E-state index contributed by atoms with van der Waals surface area (Å²) in [4.78, 5) is 11.3. The Morgan fingerprint density at radius 3 is 2.69 bits per heavy atom. The molecule has 0 spiro atoms. The first-order chi connectivity index (χ1) is 12.7. The Morgan fingerprint density at radius 1 is 1.12 bits per heavy atom. The fraction of sp³-hybridized carbons (Fsp3) is 0.368. The summed E-state index contributed by atoms with van der Waals surface area (Å²) in [6.07, 6.45) is 1.62. The third-order valence-electron chi connectivity index (χ3n) is 4.27. The summed E-state index contributed by atoms with van der Waals surface area (Å²) in [6, 6.07) is 8.22. The highest BCUT2D eigenvalue weighted by Crippen LogP contribution is 2.23. The Labute approximate surface area is 152 Å². The number of halogens is 1. The van der Waals surface area contributed by atoms with Gasteiger partial charge in [0, 0.05) is 18.5 Å². The van der Waals surface area contributed by atoms with Gasteiger partial charge in [-0.15, -0.1) is 0 Å². The molecule has 0 saturated heterocycles. The molecule has 0 bridgehead atoms. The molecule has 0 amide bonds. The maximum absolute atomic E-state index is 13.7. The van der Waals surface area contributed by atoms with Crippen LogP contribution in [0.1, 0.15) is 19.6 Å². The van der Waals surface area contributed by atoms with E-state index in [1.54, 1.807) is 12.3 Å². The zero-order valence-corrected chi connectivity index (χ0v) is 15.1. The number of benzene rings is 1. The first-order valence-electron chi connectivity index (χ1n) is 8.89. The highest BCUT2D eigenvalue weighted by atomic mass is 19.1. The lowest BCUT2D eigenvalue weighted by atomic mass is 10.2. The van der Waals surface area contributed by atoms with Crippen LogP contribution in [0.4, 0.5) is 16.2 Å². The van der Waals surface area contributed by atoms with E-state index in [0.717, 1.165) is 31.9 Å². The molecule has 0 aliphatic heterocycles. The van der Waals surface area contributed by atoms with Crippen LogP contribution in [0.2, 0.25) is 0 Å². The lowest BCUT2D eigenvalue weighted by Crippen LogP contribution is -2.29. The van der Waals surface area contributed by atoms with Gasteiger partial charge in [-0.2, -0.15) is 4.98 Å². The van der Waals surface area contributed by atoms with E-state index in [4.69, 9.17) is 4.42 Å². The molecule has 3 aromatic rings. The Kier molecular flexibility index (Phi) is 6.01. The third kappa shape index (κ3) is 4.49. The molecule has 1 aromatic carbocycles. The number of likely N-dealkylation sites (N-methyl/N-ethyl adjacent to an activating group) is 1. The number of fused-ring (bicyclic) bond motifs is 1. The van der Waals surface area contributed by atoms with Crippen molar-refractivity contribution in [1.82, 2.24) is 14.9 Å². The van der Waals surface area contributed by atoms with Gasteiger partial charge in [-0.25, -0.2) is 9.37 Å². The molecule has 0 atom stereocenters. The van der Waals surface area contributed by atoms with Crippen molar-refractivity contribution in [1.29, 1.82) is 0 Å². The molecule has 2 aromatic heterocycles. The number of anilines is 2. The number of nitrogens with zero attached hydrogens (tertiary/aromatic N) is 3. The van der Waals surface area contributed by atoms with Crippen molar-refractivity contribution in [2.45, 2.75) is 20.4 Å². The molecule has 0 fully saturated rings. The van der Waals surface area contributed by atoms with E-state index in [-0.39, 0.29) is 5.82 Å². The summed E-state index contributed by atoms with van der Waals surface area (Å²) in [6.45, 7) is 8.41. The monoisotopic (exact) mass is 357 g/mol. The number of hydrogen-bond acceptors (Lipinski definition) is 6. The minimum Gasteiger partial charge on any atom is -0.467 e. The highest BCUT2D eigenvalue weighted by molar-refractivity contribution is 5.90. The van der Waals surface area contributed by atoms with Crippen LogP contribution in [0.3, 0.4) is 0 Å². The van der Waals surface area contributed by atoms with Gasteiger partial charge in [0.1, 0.15) is 17.4 Å². The second-order valence-corrected chi connectivity index (χ2v) is 5.94. The van der Waals surface area contributed by atoms with Gasteiger partial charge in [0.25, 0.3) is 0 Å². The summed E-state index contributed by atoms with van der Waals surface area (Å²) in [5.74, 6) is 1.57. The van der Waals surface area contributed by atoms with Gasteiger partial charge >= 0.3 is 0 Å². The molecule has 26 heavy (non-hydrogen) atoms. The van der Waals surface area contributed by atoms with Gasteiger partial charge in [0.15, 0.2) is 0 Å². The van der Waals surface area contributed by atoms with Crippen LogP contribution in [-0.2, 0) is 6.54 Å². The van der Waals surface area contributed by atoms with Crippen LogP contribution in [0.25, 0.3) is 10.9 Å². The molecule has 0 radical (unpaired) electrons. The predicted molar refractivity (Wildman–Crippen MR) is 102 cm³/mol. The zero-order valence-electron chi connectivity index (χ0n) is 15.1. The SMILES string of the molecule is CCN(CC)CCNc1nc(NCc2ccco2)c2cc(F)ccc2n1. The standard InChI is InChI=1S/C19H24FN5O/c1-3-25(4-2)10-9-21-19-23-17-8-7-14(20)12-16(17)18(24-19)22-13-15-6-5-11-26-15/h5-8,11-12H,3-4,9-10,13H2,1-2H3,(H2,21,22,23,24). The molecule has 138 valence electrons. The quantitative estimate of drug-likeness (QED) is 0.608. The fourth-order valence-corrected chi connectivity index (χ4v) is 2.76. The minimum absolute atomic E-state index is 0.315. The smallest absolute Gasteiger partial charge is 0.225 e. The van der Waals surface area contributed by atoms with E-state index in [0.29, 0.717) is 29.2 Å². The zero-order chi connectivity index (χ0) is 18.4.